The Morgan fingerprint density at radius 2 is 1.95 bits per heavy atom. The molecule has 0 aromatic heterocycles. The molecule has 20 heavy (non-hydrogen) atoms. The summed E-state index contributed by atoms with van der Waals surface area (Å²) in [4.78, 5) is 23.1. The minimum absolute atomic E-state index is 0.218. The van der Waals surface area contributed by atoms with Gasteiger partial charge >= 0.3 is 0 Å². The molecule has 0 atom stereocenters. The topological polar surface area (TPSA) is 67.4 Å². The Morgan fingerprint density at radius 3 is 2.50 bits per heavy atom. The van der Waals surface area contributed by atoms with Crippen molar-refractivity contribution in [2.24, 2.45) is 5.41 Å². The quantitative estimate of drug-likeness (QED) is 0.811. The fourth-order valence-electron chi connectivity index (χ4n) is 1.09. The largest absolute Gasteiger partial charge is 0.483 e. The van der Waals surface area contributed by atoms with Crippen LogP contribution in [0.5, 0.6) is 5.75 Å². The molecule has 0 saturated heterocycles. The average Bonchev–Trinajstić information content (AvgIpc) is 2.33. The van der Waals surface area contributed by atoms with E-state index >= 15 is 0 Å². The first-order valence-electron chi connectivity index (χ1n) is 5.87. The number of nitrogens with one attached hydrogen (secondary N) is 2. The second-order valence-electron chi connectivity index (χ2n) is 5.12. The van der Waals surface area contributed by atoms with E-state index in [2.05, 4.69) is 26.8 Å². The van der Waals surface area contributed by atoms with Gasteiger partial charge in [0, 0.05) is 10.4 Å². The maximum Gasteiger partial charge on any atom is 0.276 e. The number of hydrogen-bond donors (Lipinski definition) is 2. The third-order valence-corrected chi connectivity index (χ3v) is 3.10. The van der Waals surface area contributed by atoms with Crippen molar-refractivity contribution in [3.8, 4) is 5.75 Å². The number of rotatable bonds is 3. The average molecular weight is 364 g/mol. The maximum absolute atomic E-state index is 11.5. The highest BCUT2D eigenvalue weighted by molar-refractivity contribution is 9.10. The van der Waals surface area contributed by atoms with Crippen LogP contribution in [0.1, 0.15) is 20.8 Å². The standard InChI is InChI=1S/C13H16BrClN2O3/c1-13(2,3)12(19)17-16-11(18)7-20-10-5-4-8(15)6-9(10)14/h4-6H,7H2,1-3H3,(H,16,18)(H,17,19). The molecule has 1 rings (SSSR count). The SMILES string of the molecule is CC(C)(C)C(=O)NNC(=O)COc1ccc(Cl)cc1Br. The highest BCUT2D eigenvalue weighted by Gasteiger charge is 2.21. The molecule has 0 radical (unpaired) electrons. The van der Waals surface area contributed by atoms with Crippen molar-refractivity contribution >= 4 is 39.3 Å². The van der Waals surface area contributed by atoms with E-state index in [1.807, 2.05) is 0 Å². The lowest BCUT2D eigenvalue weighted by Gasteiger charge is -2.18. The first-order chi connectivity index (χ1) is 9.20. The van der Waals surface area contributed by atoms with E-state index in [4.69, 9.17) is 16.3 Å². The molecule has 0 heterocycles. The summed E-state index contributed by atoms with van der Waals surface area (Å²) in [7, 11) is 0. The van der Waals surface area contributed by atoms with Crippen LogP contribution in [0.15, 0.2) is 22.7 Å². The van der Waals surface area contributed by atoms with Gasteiger partial charge in [-0.05, 0) is 34.1 Å². The summed E-state index contributed by atoms with van der Waals surface area (Å²) < 4.78 is 5.95. The van der Waals surface area contributed by atoms with Gasteiger partial charge in [-0.3, -0.25) is 20.4 Å². The molecule has 0 saturated carbocycles. The van der Waals surface area contributed by atoms with Gasteiger partial charge in [-0.2, -0.15) is 0 Å². The Balaban J connectivity index is 2.42. The molecule has 0 fully saturated rings. The lowest BCUT2D eigenvalue weighted by atomic mass is 9.96. The number of halogens is 2. The van der Waals surface area contributed by atoms with E-state index in [9.17, 15) is 9.59 Å². The highest BCUT2D eigenvalue weighted by Crippen LogP contribution is 2.27. The van der Waals surface area contributed by atoms with Gasteiger partial charge in [-0.1, -0.05) is 32.4 Å². The van der Waals surface area contributed by atoms with Gasteiger partial charge < -0.3 is 4.74 Å². The van der Waals surface area contributed by atoms with Gasteiger partial charge in [-0.15, -0.1) is 0 Å². The minimum Gasteiger partial charge on any atom is -0.483 e. The first kappa shape index (κ1) is 16.8. The number of hydrogen-bond acceptors (Lipinski definition) is 3. The highest BCUT2D eigenvalue weighted by atomic mass is 79.9. The Kier molecular flexibility index (Phi) is 5.83. The number of ether oxygens (including phenoxy) is 1. The van der Waals surface area contributed by atoms with Crippen molar-refractivity contribution < 1.29 is 14.3 Å². The summed E-state index contributed by atoms with van der Waals surface area (Å²) in [6.45, 7) is 5.02. The molecule has 110 valence electrons. The summed E-state index contributed by atoms with van der Waals surface area (Å²) in [5.41, 5.74) is 4.04. The summed E-state index contributed by atoms with van der Waals surface area (Å²) in [5, 5.41) is 0.561. The fourth-order valence-corrected chi connectivity index (χ4v) is 1.88. The molecule has 7 heteroatoms. The number of carbonyl (C=O) groups excluding carboxylic acids is 2. The summed E-state index contributed by atoms with van der Waals surface area (Å²) in [5.74, 6) is -0.241. The van der Waals surface area contributed by atoms with Crippen molar-refractivity contribution in [1.29, 1.82) is 0 Å². The van der Waals surface area contributed by atoms with E-state index in [0.29, 0.717) is 15.2 Å². The van der Waals surface area contributed by atoms with E-state index in [-0.39, 0.29) is 12.5 Å². The molecule has 0 aliphatic rings. The van der Waals surface area contributed by atoms with E-state index in [0.717, 1.165) is 0 Å². The third kappa shape index (κ3) is 5.38. The third-order valence-electron chi connectivity index (χ3n) is 2.25. The molecule has 5 nitrogen and oxygen atoms in total. The molecule has 1 aromatic carbocycles. The summed E-state index contributed by atoms with van der Waals surface area (Å²) in [6.07, 6.45) is 0. The second-order valence-corrected chi connectivity index (χ2v) is 6.41. The number of amides is 2. The molecule has 0 bridgehead atoms. The van der Waals surface area contributed by atoms with Gasteiger partial charge in [0.05, 0.1) is 4.47 Å². The molecule has 0 aliphatic carbocycles. The Hall–Kier alpha value is -1.27. The zero-order valence-electron chi connectivity index (χ0n) is 11.4. The molecule has 2 N–H and O–H groups in total. The van der Waals surface area contributed by atoms with E-state index in [1.54, 1.807) is 39.0 Å². The number of carbonyl (C=O) groups is 2. The van der Waals surface area contributed by atoms with Crippen molar-refractivity contribution in [1.82, 2.24) is 10.9 Å². The van der Waals surface area contributed by atoms with Crippen molar-refractivity contribution in [2.45, 2.75) is 20.8 Å². The summed E-state index contributed by atoms with van der Waals surface area (Å²) in [6, 6.07) is 4.96. The van der Waals surface area contributed by atoms with Crippen molar-refractivity contribution in [2.75, 3.05) is 6.61 Å². The Labute approximate surface area is 131 Å². The normalized spacial score (nSPS) is 10.8. The number of hydrazine groups is 1. The second kappa shape index (κ2) is 6.95. The van der Waals surface area contributed by atoms with Crippen LogP contribution in [0.25, 0.3) is 0 Å². The van der Waals surface area contributed by atoms with Gasteiger partial charge in [0.25, 0.3) is 5.91 Å². The van der Waals surface area contributed by atoms with Crippen molar-refractivity contribution in [3.05, 3.63) is 27.7 Å². The Morgan fingerprint density at radius 1 is 1.30 bits per heavy atom. The fraction of sp³-hybridized carbons (Fsp3) is 0.385. The lowest BCUT2D eigenvalue weighted by Crippen LogP contribution is -2.48. The van der Waals surface area contributed by atoms with Crippen LogP contribution < -0.4 is 15.6 Å². The van der Waals surface area contributed by atoms with Crippen LogP contribution in [-0.2, 0) is 9.59 Å². The zero-order valence-corrected chi connectivity index (χ0v) is 13.8. The minimum atomic E-state index is -0.576. The number of benzene rings is 1. The molecule has 1 aromatic rings. The van der Waals surface area contributed by atoms with Gasteiger partial charge in [-0.25, -0.2) is 0 Å². The molecule has 2 amide bonds. The molecular weight excluding hydrogens is 348 g/mol. The van der Waals surface area contributed by atoms with Crippen LogP contribution >= 0.6 is 27.5 Å². The van der Waals surface area contributed by atoms with E-state index < -0.39 is 11.3 Å². The summed E-state index contributed by atoms with van der Waals surface area (Å²) >= 11 is 9.07. The first-order valence-corrected chi connectivity index (χ1v) is 7.04. The monoisotopic (exact) mass is 362 g/mol. The van der Waals surface area contributed by atoms with Crippen molar-refractivity contribution in [3.63, 3.8) is 0 Å². The van der Waals surface area contributed by atoms with E-state index in [1.165, 1.54) is 0 Å². The molecular formula is C13H16BrClN2O3. The Bertz CT molecular complexity index is 515. The van der Waals surface area contributed by atoms with Crippen LogP contribution in [-0.4, -0.2) is 18.4 Å². The van der Waals surface area contributed by atoms with Gasteiger partial charge in [0.1, 0.15) is 5.75 Å². The lowest BCUT2D eigenvalue weighted by molar-refractivity contribution is -0.134. The van der Waals surface area contributed by atoms with Crippen LogP contribution in [0.2, 0.25) is 5.02 Å². The van der Waals surface area contributed by atoms with Crippen LogP contribution in [0, 0.1) is 5.41 Å². The molecule has 0 spiro atoms. The smallest absolute Gasteiger partial charge is 0.276 e. The van der Waals surface area contributed by atoms with Gasteiger partial charge in [0.2, 0.25) is 5.91 Å². The predicted molar refractivity (Wildman–Crippen MR) is 80.4 cm³/mol. The van der Waals surface area contributed by atoms with Gasteiger partial charge in [0.15, 0.2) is 6.61 Å². The predicted octanol–water partition coefficient (Wildman–Crippen LogP) is 2.67. The molecule has 0 aliphatic heterocycles. The van der Waals surface area contributed by atoms with Crippen LogP contribution in [0.3, 0.4) is 0 Å². The van der Waals surface area contributed by atoms with Crippen LogP contribution in [0.4, 0.5) is 0 Å². The zero-order chi connectivity index (χ0) is 15.3. The maximum atomic E-state index is 11.5. The molecule has 0 unspecified atom stereocenters.